The highest BCUT2D eigenvalue weighted by Gasteiger charge is 2.45. The molecule has 6 nitrogen and oxygen atoms in total. The maximum absolute atomic E-state index is 9.29. The molecule has 7 heteroatoms. The summed E-state index contributed by atoms with van der Waals surface area (Å²) in [5, 5.41) is 9.66. The first kappa shape index (κ1) is 15.2. The average molecular weight is 337 g/mol. The van der Waals surface area contributed by atoms with E-state index in [9.17, 15) is 5.26 Å². The topological polar surface area (TPSA) is 73.6 Å². The van der Waals surface area contributed by atoms with Crippen LogP contribution < -0.4 is 4.74 Å². The fraction of sp³-hybridized carbons (Fsp3) is 0.625. The van der Waals surface area contributed by atoms with Crippen molar-refractivity contribution in [3.05, 3.63) is 22.5 Å². The number of hydrogen-bond acceptors (Lipinski definition) is 6. The Kier molecular flexibility index (Phi) is 3.69. The molecule has 0 bridgehead atoms. The number of nitrogens with zero attached hydrogens (tertiary/aromatic N) is 2. The first-order chi connectivity index (χ1) is 11.2. The molecule has 0 aliphatic carbocycles. The molecule has 1 aromatic rings. The fourth-order valence-electron chi connectivity index (χ4n) is 3.27. The van der Waals surface area contributed by atoms with Gasteiger partial charge >= 0.3 is 0 Å². The summed E-state index contributed by atoms with van der Waals surface area (Å²) in [5.41, 5.74) is 0.768. The summed E-state index contributed by atoms with van der Waals surface area (Å²) in [6.07, 6.45) is 1.48. The van der Waals surface area contributed by atoms with E-state index in [1.54, 1.807) is 6.07 Å². The Morgan fingerprint density at radius 3 is 2.83 bits per heavy atom. The predicted molar refractivity (Wildman–Crippen MR) is 80.4 cm³/mol. The second-order valence-corrected chi connectivity index (χ2v) is 6.73. The quantitative estimate of drug-likeness (QED) is 0.784. The molecule has 122 valence electrons. The number of nitriles is 1. The molecule has 0 saturated carbocycles. The van der Waals surface area contributed by atoms with Crippen LogP contribution in [-0.4, -0.2) is 44.6 Å². The van der Waals surface area contributed by atoms with Gasteiger partial charge in [0.1, 0.15) is 28.5 Å². The number of halogens is 1. The van der Waals surface area contributed by atoms with Crippen molar-refractivity contribution in [3.63, 3.8) is 0 Å². The van der Waals surface area contributed by atoms with E-state index in [0.717, 1.165) is 17.7 Å². The molecule has 0 aromatic carbocycles. The SMILES string of the molecule is N#CC1(COc2cc(Cl)nc3c2CCOC32CCOC2)COC1. The van der Waals surface area contributed by atoms with Crippen molar-refractivity contribution in [2.24, 2.45) is 5.41 Å². The highest BCUT2D eigenvalue weighted by molar-refractivity contribution is 6.29. The summed E-state index contributed by atoms with van der Waals surface area (Å²) in [5.74, 6) is 0.691. The van der Waals surface area contributed by atoms with Crippen molar-refractivity contribution in [1.82, 2.24) is 4.98 Å². The lowest BCUT2D eigenvalue weighted by Gasteiger charge is -2.36. The average Bonchev–Trinajstić information content (AvgIpc) is 2.97. The van der Waals surface area contributed by atoms with E-state index in [1.807, 2.05) is 0 Å². The van der Waals surface area contributed by atoms with Gasteiger partial charge in [0.05, 0.1) is 38.2 Å². The Hall–Kier alpha value is -1.39. The van der Waals surface area contributed by atoms with Crippen LogP contribution in [0.5, 0.6) is 5.75 Å². The van der Waals surface area contributed by atoms with Gasteiger partial charge in [-0.3, -0.25) is 0 Å². The molecule has 1 atom stereocenters. The molecule has 2 saturated heterocycles. The number of ether oxygens (including phenoxy) is 4. The van der Waals surface area contributed by atoms with E-state index < -0.39 is 11.0 Å². The zero-order valence-corrected chi connectivity index (χ0v) is 13.4. The lowest BCUT2D eigenvalue weighted by atomic mass is 9.88. The van der Waals surface area contributed by atoms with E-state index in [-0.39, 0.29) is 0 Å². The molecule has 0 N–H and O–H groups in total. The molecule has 3 aliphatic rings. The molecular weight excluding hydrogens is 320 g/mol. The summed E-state index contributed by atoms with van der Waals surface area (Å²) in [6, 6.07) is 4.01. The summed E-state index contributed by atoms with van der Waals surface area (Å²) in [4.78, 5) is 4.50. The summed E-state index contributed by atoms with van der Waals surface area (Å²) < 4.78 is 22.6. The number of rotatable bonds is 3. The summed E-state index contributed by atoms with van der Waals surface area (Å²) >= 11 is 6.20. The minimum Gasteiger partial charge on any atom is -0.491 e. The zero-order valence-electron chi connectivity index (χ0n) is 12.6. The Bertz CT molecular complexity index is 663. The van der Waals surface area contributed by atoms with Gasteiger partial charge in [-0.1, -0.05) is 11.6 Å². The lowest BCUT2D eigenvalue weighted by Crippen LogP contribution is -2.46. The van der Waals surface area contributed by atoms with Gasteiger partial charge < -0.3 is 18.9 Å². The molecule has 0 radical (unpaired) electrons. The molecule has 2 fully saturated rings. The van der Waals surface area contributed by atoms with E-state index in [2.05, 4.69) is 11.1 Å². The molecular formula is C16H17ClN2O4. The number of pyridine rings is 1. The first-order valence-electron chi connectivity index (χ1n) is 7.70. The Morgan fingerprint density at radius 1 is 1.30 bits per heavy atom. The minimum atomic E-state index is -0.554. The van der Waals surface area contributed by atoms with Crippen molar-refractivity contribution < 1.29 is 18.9 Å². The second kappa shape index (κ2) is 5.60. The van der Waals surface area contributed by atoms with E-state index in [0.29, 0.717) is 57.0 Å². The van der Waals surface area contributed by atoms with Gasteiger partial charge in [-0.05, 0) is 0 Å². The highest BCUT2D eigenvalue weighted by atomic mass is 35.5. The van der Waals surface area contributed by atoms with Crippen molar-refractivity contribution in [3.8, 4) is 11.8 Å². The maximum Gasteiger partial charge on any atom is 0.138 e. The second-order valence-electron chi connectivity index (χ2n) is 6.34. The molecule has 23 heavy (non-hydrogen) atoms. The van der Waals surface area contributed by atoms with Crippen LogP contribution in [0.4, 0.5) is 0 Å². The Morgan fingerprint density at radius 2 is 2.17 bits per heavy atom. The van der Waals surface area contributed by atoms with Gasteiger partial charge in [-0.25, -0.2) is 4.98 Å². The van der Waals surface area contributed by atoms with Crippen LogP contribution in [0.25, 0.3) is 0 Å². The van der Waals surface area contributed by atoms with Gasteiger partial charge in [0.15, 0.2) is 0 Å². The fourth-order valence-corrected chi connectivity index (χ4v) is 3.46. The lowest BCUT2D eigenvalue weighted by molar-refractivity contribution is -0.0970. The third-order valence-electron chi connectivity index (χ3n) is 4.70. The number of hydrogen-bond donors (Lipinski definition) is 0. The van der Waals surface area contributed by atoms with Crippen molar-refractivity contribution >= 4 is 11.6 Å². The molecule has 0 amide bonds. The van der Waals surface area contributed by atoms with E-state index in [4.69, 9.17) is 30.5 Å². The van der Waals surface area contributed by atoms with Crippen LogP contribution in [0.15, 0.2) is 6.07 Å². The van der Waals surface area contributed by atoms with Crippen LogP contribution in [-0.2, 0) is 26.2 Å². The largest absolute Gasteiger partial charge is 0.491 e. The van der Waals surface area contributed by atoms with Crippen molar-refractivity contribution in [1.29, 1.82) is 5.26 Å². The Labute approximate surface area is 139 Å². The summed E-state index contributed by atoms with van der Waals surface area (Å²) in [7, 11) is 0. The van der Waals surface area contributed by atoms with Crippen LogP contribution in [0.3, 0.4) is 0 Å². The molecule has 4 heterocycles. The van der Waals surface area contributed by atoms with Crippen LogP contribution in [0, 0.1) is 16.7 Å². The number of aromatic nitrogens is 1. The standard InChI is InChI=1S/C16H17ClN2O4/c17-13-5-12(22-9-15(6-18)7-21-8-15)11-1-3-23-16(14(11)19-13)2-4-20-10-16/h5H,1-4,7-10H2. The molecule has 1 spiro atoms. The van der Waals surface area contributed by atoms with Crippen LogP contribution in [0.2, 0.25) is 5.15 Å². The van der Waals surface area contributed by atoms with Gasteiger partial charge in [-0.15, -0.1) is 0 Å². The van der Waals surface area contributed by atoms with Crippen LogP contribution in [0.1, 0.15) is 17.7 Å². The third-order valence-corrected chi connectivity index (χ3v) is 4.89. The van der Waals surface area contributed by atoms with E-state index in [1.165, 1.54) is 0 Å². The molecule has 1 unspecified atom stereocenters. The minimum absolute atomic E-state index is 0.292. The molecule has 3 aliphatic heterocycles. The summed E-state index contributed by atoms with van der Waals surface area (Å²) in [6.45, 7) is 2.85. The monoisotopic (exact) mass is 336 g/mol. The van der Waals surface area contributed by atoms with Gasteiger partial charge in [0.2, 0.25) is 0 Å². The molecule has 4 rings (SSSR count). The zero-order chi connectivity index (χ0) is 15.9. The van der Waals surface area contributed by atoms with Crippen molar-refractivity contribution in [2.45, 2.75) is 18.4 Å². The van der Waals surface area contributed by atoms with Gasteiger partial charge in [0.25, 0.3) is 0 Å². The first-order valence-corrected chi connectivity index (χ1v) is 8.08. The Balaban J connectivity index is 1.66. The maximum atomic E-state index is 9.29. The number of fused-ring (bicyclic) bond motifs is 2. The van der Waals surface area contributed by atoms with E-state index >= 15 is 0 Å². The predicted octanol–water partition coefficient (Wildman–Crippen LogP) is 1.84. The van der Waals surface area contributed by atoms with Gasteiger partial charge in [0, 0.05) is 31.1 Å². The van der Waals surface area contributed by atoms with Crippen LogP contribution >= 0.6 is 11.6 Å². The smallest absolute Gasteiger partial charge is 0.138 e. The third kappa shape index (κ3) is 2.48. The normalized spacial score (nSPS) is 28.0. The molecule has 1 aromatic heterocycles. The highest BCUT2D eigenvalue weighted by Crippen LogP contribution is 2.42. The van der Waals surface area contributed by atoms with Gasteiger partial charge in [-0.2, -0.15) is 5.26 Å². The van der Waals surface area contributed by atoms with Crippen molar-refractivity contribution in [2.75, 3.05) is 39.6 Å².